The molecular formula is C25H31F3N4O3. The van der Waals surface area contributed by atoms with Gasteiger partial charge in [-0.1, -0.05) is 25.2 Å². The van der Waals surface area contributed by atoms with Gasteiger partial charge in [-0.3, -0.25) is 9.79 Å². The third-order valence-corrected chi connectivity index (χ3v) is 7.03. The van der Waals surface area contributed by atoms with Gasteiger partial charge in [0.25, 0.3) is 0 Å². The number of allylic oxidation sites excluding steroid dienone is 2. The third-order valence-electron chi connectivity index (χ3n) is 7.03. The maximum atomic E-state index is 13.3. The van der Waals surface area contributed by atoms with Gasteiger partial charge in [0.05, 0.1) is 30.2 Å². The molecule has 35 heavy (non-hydrogen) atoms. The number of aromatic nitrogens is 1. The number of nitrogens with one attached hydrogen (secondary N) is 1. The minimum Gasteiger partial charge on any atom is -0.481 e. The van der Waals surface area contributed by atoms with Gasteiger partial charge < -0.3 is 20.1 Å². The smallest absolute Gasteiger partial charge is 0.416 e. The number of halogens is 3. The lowest BCUT2D eigenvalue weighted by molar-refractivity contribution is -0.158. The van der Waals surface area contributed by atoms with Crippen molar-refractivity contribution in [3.63, 3.8) is 0 Å². The Balaban J connectivity index is 1.40. The Morgan fingerprint density at radius 1 is 1.29 bits per heavy atom. The number of nitrogens with zero attached hydrogens (tertiary/aromatic N) is 3. The van der Waals surface area contributed by atoms with Gasteiger partial charge in [0.15, 0.2) is 0 Å². The SMILES string of the molecule is CCC1/C=C(C(F)(F)F)\C=C/CN=C(c2ccc(N3CCC4(CCC(C(=O)O)CO4)CC3)nc2)N1. The van der Waals surface area contributed by atoms with E-state index in [1.807, 2.05) is 19.1 Å². The first-order valence-corrected chi connectivity index (χ1v) is 12.0. The fourth-order valence-corrected chi connectivity index (χ4v) is 4.76. The highest BCUT2D eigenvalue weighted by Crippen LogP contribution is 2.37. The fourth-order valence-electron chi connectivity index (χ4n) is 4.76. The molecule has 1 aromatic heterocycles. The van der Waals surface area contributed by atoms with Gasteiger partial charge in [-0.2, -0.15) is 13.2 Å². The Labute approximate surface area is 202 Å². The Morgan fingerprint density at radius 2 is 2.06 bits per heavy atom. The monoisotopic (exact) mass is 492 g/mol. The van der Waals surface area contributed by atoms with Gasteiger partial charge in [0.2, 0.25) is 0 Å². The Morgan fingerprint density at radius 3 is 2.63 bits per heavy atom. The van der Waals surface area contributed by atoms with Gasteiger partial charge in [-0.25, -0.2) is 4.98 Å². The van der Waals surface area contributed by atoms with Gasteiger partial charge >= 0.3 is 12.1 Å². The molecule has 0 saturated carbocycles. The molecule has 0 aromatic carbocycles. The first kappa shape index (κ1) is 25.2. The molecule has 2 saturated heterocycles. The van der Waals surface area contributed by atoms with E-state index in [4.69, 9.17) is 4.74 Å². The maximum Gasteiger partial charge on any atom is 0.416 e. The lowest BCUT2D eigenvalue weighted by Crippen LogP contribution is -2.50. The van der Waals surface area contributed by atoms with E-state index in [-0.39, 0.29) is 18.8 Å². The molecule has 10 heteroatoms. The molecular weight excluding hydrogens is 461 g/mol. The van der Waals surface area contributed by atoms with Crippen LogP contribution in [0.1, 0.15) is 44.6 Å². The molecule has 2 N–H and O–H groups in total. The minimum absolute atomic E-state index is 0.130. The zero-order valence-corrected chi connectivity index (χ0v) is 19.7. The molecule has 0 bridgehead atoms. The number of carbonyl (C=O) groups is 1. The van der Waals surface area contributed by atoms with Crippen LogP contribution in [0.4, 0.5) is 19.0 Å². The van der Waals surface area contributed by atoms with Crippen LogP contribution in [-0.2, 0) is 9.53 Å². The second-order valence-corrected chi connectivity index (χ2v) is 9.33. The highest BCUT2D eigenvalue weighted by molar-refractivity contribution is 5.99. The summed E-state index contributed by atoms with van der Waals surface area (Å²) in [5, 5.41) is 12.3. The highest BCUT2D eigenvalue weighted by atomic mass is 19.4. The number of rotatable bonds is 4. The van der Waals surface area contributed by atoms with Gasteiger partial charge in [-0.05, 0) is 44.2 Å². The second-order valence-electron chi connectivity index (χ2n) is 9.33. The predicted molar refractivity (Wildman–Crippen MR) is 127 cm³/mol. The number of alkyl halides is 3. The van der Waals surface area contributed by atoms with Gasteiger partial charge in [0, 0.05) is 30.9 Å². The van der Waals surface area contributed by atoms with Crippen LogP contribution in [0.5, 0.6) is 0 Å². The van der Waals surface area contributed by atoms with Crippen LogP contribution in [0.2, 0.25) is 0 Å². The van der Waals surface area contributed by atoms with Crippen LogP contribution >= 0.6 is 0 Å². The molecule has 2 atom stereocenters. The molecule has 1 spiro atoms. The molecule has 4 heterocycles. The Hall–Kier alpha value is -2.88. The summed E-state index contributed by atoms with van der Waals surface area (Å²) in [5.41, 5.74) is -0.206. The van der Waals surface area contributed by atoms with E-state index in [0.29, 0.717) is 24.2 Å². The predicted octanol–water partition coefficient (Wildman–Crippen LogP) is 4.11. The summed E-state index contributed by atoms with van der Waals surface area (Å²) in [4.78, 5) is 22.4. The van der Waals surface area contributed by atoms with Crippen molar-refractivity contribution in [1.29, 1.82) is 0 Å². The molecule has 3 aliphatic rings. The van der Waals surface area contributed by atoms with E-state index in [9.17, 15) is 23.1 Å². The lowest BCUT2D eigenvalue weighted by atomic mass is 9.82. The quantitative estimate of drug-likeness (QED) is 0.658. The number of aliphatic carboxylic acids is 1. The fraction of sp³-hybridized carbons (Fsp3) is 0.560. The first-order valence-electron chi connectivity index (χ1n) is 12.0. The third kappa shape index (κ3) is 6.04. The molecule has 190 valence electrons. The summed E-state index contributed by atoms with van der Waals surface area (Å²) in [6.45, 7) is 3.74. The molecule has 1 aromatic rings. The number of amidine groups is 1. The Bertz CT molecular complexity index is 986. The number of hydrogen-bond donors (Lipinski definition) is 2. The zero-order valence-electron chi connectivity index (χ0n) is 19.7. The molecule has 2 fully saturated rings. The maximum absolute atomic E-state index is 13.3. The van der Waals surface area contributed by atoms with Crippen LogP contribution in [0.25, 0.3) is 0 Å². The number of pyridine rings is 1. The van der Waals surface area contributed by atoms with Crippen molar-refractivity contribution < 1.29 is 27.8 Å². The van der Waals surface area contributed by atoms with E-state index in [1.54, 1.807) is 6.20 Å². The summed E-state index contributed by atoms with van der Waals surface area (Å²) in [6.07, 6.45) is 4.49. The van der Waals surface area contributed by atoms with Crippen molar-refractivity contribution in [3.8, 4) is 0 Å². The average molecular weight is 493 g/mol. The van der Waals surface area contributed by atoms with Crippen LogP contribution in [-0.4, -0.2) is 66.0 Å². The number of carboxylic acids is 1. The molecule has 2 unspecified atom stereocenters. The standard InChI is InChI=1S/C25H31F3N4O3/c1-2-20-14-19(25(26,27)28)4-3-11-29-22(31-20)17-5-6-21(30-15-17)32-12-9-24(10-13-32)8-7-18(16-35-24)23(33)34/h3-6,14-15,18,20H,2,7-13,16H2,1H3,(H,29,31)(H,33,34)/b4-3-,19-14+. The van der Waals surface area contributed by atoms with E-state index in [2.05, 4.69) is 20.2 Å². The van der Waals surface area contributed by atoms with E-state index in [1.165, 1.54) is 12.2 Å². The highest BCUT2D eigenvalue weighted by Gasteiger charge is 2.41. The molecule has 0 aliphatic carbocycles. The molecule has 0 radical (unpaired) electrons. The first-order chi connectivity index (χ1) is 16.7. The Kier molecular flexibility index (Phi) is 7.49. The zero-order chi connectivity index (χ0) is 25.1. The topological polar surface area (TPSA) is 87.1 Å². The van der Waals surface area contributed by atoms with Crippen molar-refractivity contribution >= 4 is 17.6 Å². The summed E-state index contributed by atoms with van der Waals surface area (Å²) >= 11 is 0. The number of hydrogen-bond acceptors (Lipinski definition) is 6. The van der Waals surface area contributed by atoms with Crippen LogP contribution in [0.15, 0.2) is 47.1 Å². The number of ether oxygens (including phenoxy) is 1. The molecule has 4 rings (SSSR count). The van der Waals surface area contributed by atoms with Crippen molar-refractivity contribution in [3.05, 3.63) is 47.7 Å². The number of anilines is 1. The number of carboxylic acid groups (broad SMARTS) is 1. The summed E-state index contributed by atoms with van der Waals surface area (Å²) in [7, 11) is 0. The van der Waals surface area contributed by atoms with Crippen LogP contribution in [0, 0.1) is 5.92 Å². The number of piperidine rings is 1. The number of aliphatic imine (C=N–C) groups is 1. The van der Waals surface area contributed by atoms with Crippen LogP contribution < -0.4 is 10.2 Å². The van der Waals surface area contributed by atoms with E-state index < -0.39 is 29.7 Å². The summed E-state index contributed by atoms with van der Waals surface area (Å²) in [5.74, 6) is 0.123. The summed E-state index contributed by atoms with van der Waals surface area (Å²) in [6, 6.07) is 3.28. The van der Waals surface area contributed by atoms with Crippen LogP contribution in [0.3, 0.4) is 0 Å². The van der Waals surface area contributed by atoms with E-state index in [0.717, 1.165) is 44.2 Å². The molecule has 0 amide bonds. The van der Waals surface area contributed by atoms with Crippen molar-refractivity contribution in [2.45, 2.75) is 56.8 Å². The lowest BCUT2D eigenvalue weighted by Gasteiger charge is -2.45. The van der Waals surface area contributed by atoms with Gasteiger partial charge in [0.1, 0.15) is 11.7 Å². The second kappa shape index (κ2) is 10.4. The van der Waals surface area contributed by atoms with E-state index >= 15 is 0 Å². The normalized spacial score (nSPS) is 27.5. The average Bonchev–Trinajstić information content (AvgIpc) is 2.95. The molecule has 3 aliphatic heterocycles. The largest absolute Gasteiger partial charge is 0.481 e. The van der Waals surface area contributed by atoms with Crippen molar-refractivity contribution in [1.82, 2.24) is 10.3 Å². The molecule has 7 nitrogen and oxygen atoms in total. The summed E-state index contributed by atoms with van der Waals surface area (Å²) < 4.78 is 45.8. The minimum atomic E-state index is -4.41. The van der Waals surface area contributed by atoms with Crippen molar-refractivity contribution in [2.24, 2.45) is 10.9 Å². The van der Waals surface area contributed by atoms with Gasteiger partial charge in [-0.15, -0.1) is 0 Å². The van der Waals surface area contributed by atoms with Crippen molar-refractivity contribution in [2.75, 3.05) is 31.1 Å².